The molecule has 3 aromatic heterocycles. The van der Waals surface area contributed by atoms with Crippen LogP contribution in [-0.4, -0.2) is 40.5 Å². The maximum Gasteiger partial charge on any atom is 0.237 e. The van der Waals surface area contributed by atoms with Gasteiger partial charge in [-0.15, -0.1) is 0 Å². The molecule has 1 amide bonds. The summed E-state index contributed by atoms with van der Waals surface area (Å²) >= 11 is 0. The van der Waals surface area contributed by atoms with Gasteiger partial charge in [-0.25, -0.2) is 4.98 Å². The minimum Gasteiger partial charge on any atom is -0.497 e. The highest BCUT2D eigenvalue weighted by Gasteiger charge is 2.65. The monoisotopic (exact) mass is 494 g/mol. The van der Waals surface area contributed by atoms with E-state index in [1.54, 1.807) is 26.5 Å². The highest BCUT2D eigenvalue weighted by molar-refractivity contribution is 6.10. The fraction of sp³-hybridized carbons (Fsp3) is 0.185. The van der Waals surface area contributed by atoms with Crippen LogP contribution in [0, 0.1) is 0 Å². The number of hydrogen-bond acceptors (Lipinski definition) is 8. The molecule has 1 saturated carbocycles. The van der Waals surface area contributed by atoms with Crippen LogP contribution in [0.5, 0.6) is 11.6 Å². The van der Waals surface area contributed by atoms with Gasteiger partial charge in [0.05, 0.1) is 25.2 Å². The van der Waals surface area contributed by atoms with Crippen LogP contribution in [0.4, 0.5) is 17.2 Å². The molecule has 1 spiro atoms. The number of amides is 1. The SMILES string of the molecule is COc1ccc2c(c1)[C@]1(C[C@H]1c1ccc3c(Nc4cc(-c5ccon5)cnc4OC)n[nH]c3c1)C(=O)N2. The number of aromatic nitrogens is 4. The molecule has 10 heteroatoms. The predicted molar refractivity (Wildman–Crippen MR) is 136 cm³/mol. The number of benzene rings is 2. The Kier molecular flexibility index (Phi) is 4.53. The molecule has 184 valence electrons. The first kappa shape index (κ1) is 21.4. The fourth-order valence-corrected chi connectivity index (χ4v) is 5.38. The number of methoxy groups -OCH3 is 2. The van der Waals surface area contributed by atoms with Crippen molar-refractivity contribution in [2.45, 2.75) is 17.8 Å². The minimum atomic E-state index is -0.556. The van der Waals surface area contributed by atoms with Gasteiger partial charge in [-0.05, 0) is 53.9 Å². The van der Waals surface area contributed by atoms with Crippen molar-refractivity contribution < 1.29 is 18.8 Å². The number of rotatable bonds is 6. The fourth-order valence-electron chi connectivity index (χ4n) is 5.38. The Labute approximate surface area is 211 Å². The molecule has 4 heterocycles. The summed E-state index contributed by atoms with van der Waals surface area (Å²) in [5, 5.41) is 18.9. The van der Waals surface area contributed by atoms with Crippen LogP contribution in [-0.2, 0) is 10.2 Å². The lowest BCUT2D eigenvalue weighted by Gasteiger charge is -2.11. The average Bonchev–Trinajstić information content (AvgIpc) is 3.20. The first-order chi connectivity index (χ1) is 18.1. The molecule has 2 aromatic carbocycles. The average molecular weight is 495 g/mol. The number of ether oxygens (including phenoxy) is 2. The van der Waals surface area contributed by atoms with Gasteiger partial charge in [-0.1, -0.05) is 11.2 Å². The molecule has 1 fully saturated rings. The quantitative estimate of drug-likeness (QED) is 0.309. The second kappa shape index (κ2) is 7.82. The topological polar surface area (TPSA) is 127 Å². The molecule has 1 aliphatic carbocycles. The number of nitrogens with zero attached hydrogens (tertiary/aromatic N) is 3. The number of aromatic amines is 1. The van der Waals surface area contributed by atoms with Gasteiger partial charge < -0.3 is 24.6 Å². The Balaban J connectivity index is 1.20. The first-order valence-corrected chi connectivity index (χ1v) is 11.8. The number of H-pyrrole nitrogens is 1. The summed E-state index contributed by atoms with van der Waals surface area (Å²) in [5.74, 6) is 1.93. The number of pyridine rings is 1. The molecule has 2 atom stereocenters. The van der Waals surface area contributed by atoms with Crippen LogP contribution in [0.1, 0.15) is 23.5 Å². The summed E-state index contributed by atoms with van der Waals surface area (Å²) in [4.78, 5) is 17.4. The zero-order valence-electron chi connectivity index (χ0n) is 20.0. The zero-order valence-corrected chi connectivity index (χ0v) is 20.0. The number of carbonyl (C=O) groups is 1. The maximum absolute atomic E-state index is 13.0. The van der Waals surface area contributed by atoms with Gasteiger partial charge in [-0.2, -0.15) is 5.10 Å². The zero-order chi connectivity index (χ0) is 25.1. The molecule has 1 aliphatic heterocycles. The van der Waals surface area contributed by atoms with E-state index < -0.39 is 5.41 Å². The Hall–Kier alpha value is -4.86. The third-order valence-corrected chi connectivity index (χ3v) is 7.34. The van der Waals surface area contributed by atoms with Crippen LogP contribution in [0.2, 0.25) is 0 Å². The normalized spacial score (nSPS) is 19.6. The summed E-state index contributed by atoms with van der Waals surface area (Å²) in [6.45, 7) is 0. The van der Waals surface area contributed by atoms with Crippen molar-refractivity contribution in [3.8, 4) is 22.9 Å². The van der Waals surface area contributed by atoms with Gasteiger partial charge in [0.15, 0.2) is 5.82 Å². The van der Waals surface area contributed by atoms with Crippen LogP contribution in [0.15, 0.2) is 65.5 Å². The molecule has 2 aliphatic rings. The highest BCUT2D eigenvalue weighted by Crippen LogP contribution is 2.65. The molecular weight excluding hydrogens is 472 g/mol. The van der Waals surface area contributed by atoms with Gasteiger partial charge in [0.2, 0.25) is 11.8 Å². The lowest BCUT2D eigenvalue weighted by atomic mass is 9.91. The molecule has 5 aromatic rings. The molecule has 3 N–H and O–H groups in total. The standard InChI is InChI=1S/C27H22N6O4/c1-35-16-4-6-21-18(11-16)27(26(34)30-21)12-19(27)14-3-5-17-22(9-14)31-32-24(17)29-23-10-15(13-28-25(23)36-2)20-7-8-37-33-20/h3-11,13,19H,12H2,1-2H3,(H,30,34)(H2,29,31,32)/t19-,27-/m0/s1. The van der Waals surface area contributed by atoms with Crippen molar-refractivity contribution in [1.29, 1.82) is 0 Å². The molecule has 10 nitrogen and oxygen atoms in total. The number of hydrogen-bond donors (Lipinski definition) is 3. The summed E-state index contributed by atoms with van der Waals surface area (Å²) in [5.41, 5.74) is 5.35. The van der Waals surface area contributed by atoms with Crippen molar-refractivity contribution in [2.24, 2.45) is 0 Å². The number of carbonyl (C=O) groups excluding carboxylic acids is 1. The van der Waals surface area contributed by atoms with E-state index in [2.05, 4.69) is 43.1 Å². The van der Waals surface area contributed by atoms with E-state index in [-0.39, 0.29) is 11.8 Å². The van der Waals surface area contributed by atoms with Crippen molar-refractivity contribution in [3.05, 3.63) is 72.1 Å². The van der Waals surface area contributed by atoms with E-state index in [1.807, 2.05) is 30.3 Å². The maximum atomic E-state index is 13.0. The third-order valence-electron chi connectivity index (χ3n) is 7.34. The van der Waals surface area contributed by atoms with Gasteiger partial charge in [0, 0.05) is 34.8 Å². The summed E-state index contributed by atoms with van der Waals surface area (Å²) in [6.07, 6.45) is 3.94. The molecular formula is C27H22N6O4. The first-order valence-electron chi connectivity index (χ1n) is 11.8. The lowest BCUT2D eigenvalue weighted by molar-refractivity contribution is -0.118. The summed E-state index contributed by atoms with van der Waals surface area (Å²) < 4.78 is 15.8. The number of anilines is 3. The van der Waals surface area contributed by atoms with Crippen LogP contribution < -0.4 is 20.1 Å². The molecule has 7 rings (SSSR count). The second-order valence-electron chi connectivity index (χ2n) is 9.26. The van der Waals surface area contributed by atoms with E-state index in [0.717, 1.165) is 45.5 Å². The van der Waals surface area contributed by atoms with E-state index in [9.17, 15) is 4.79 Å². The Morgan fingerprint density at radius 2 is 2.03 bits per heavy atom. The van der Waals surface area contributed by atoms with E-state index in [4.69, 9.17) is 14.0 Å². The lowest BCUT2D eigenvalue weighted by Crippen LogP contribution is -2.21. The van der Waals surface area contributed by atoms with Gasteiger partial charge >= 0.3 is 0 Å². The van der Waals surface area contributed by atoms with E-state index in [0.29, 0.717) is 23.1 Å². The van der Waals surface area contributed by atoms with Crippen LogP contribution in [0.3, 0.4) is 0 Å². The minimum absolute atomic E-state index is 0.0411. The molecule has 0 bridgehead atoms. The summed E-state index contributed by atoms with van der Waals surface area (Å²) in [7, 11) is 3.20. The molecule has 0 radical (unpaired) electrons. The Morgan fingerprint density at radius 1 is 1.11 bits per heavy atom. The highest BCUT2D eigenvalue weighted by atomic mass is 16.5. The Bertz CT molecular complexity index is 1680. The predicted octanol–water partition coefficient (Wildman–Crippen LogP) is 4.75. The third kappa shape index (κ3) is 3.18. The number of nitrogens with one attached hydrogen (secondary N) is 3. The van der Waals surface area contributed by atoms with Crippen LogP contribution in [0.25, 0.3) is 22.2 Å². The molecule has 37 heavy (non-hydrogen) atoms. The van der Waals surface area contributed by atoms with Crippen molar-refractivity contribution in [3.63, 3.8) is 0 Å². The van der Waals surface area contributed by atoms with Gasteiger partial charge in [0.1, 0.15) is 23.4 Å². The smallest absolute Gasteiger partial charge is 0.237 e. The summed E-state index contributed by atoms with van der Waals surface area (Å²) in [6, 6.07) is 15.6. The Morgan fingerprint density at radius 3 is 2.84 bits per heavy atom. The van der Waals surface area contributed by atoms with Crippen LogP contribution >= 0.6 is 0 Å². The molecule has 0 saturated heterocycles. The largest absolute Gasteiger partial charge is 0.497 e. The molecule has 0 unspecified atom stereocenters. The van der Waals surface area contributed by atoms with Crippen molar-refractivity contribution in [1.82, 2.24) is 20.3 Å². The van der Waals surface area contributed by atoms with E-state index >= 15 is 0 Å². The number of fused-ring (bicyclic) bond motifs is 3. The van der Waals surface area contributed by atoms with Crippen molar-refractivity contribution >= 4 is 34.0 Å². The second-order valence-corrected chi connectivity index (χ2v) is 9.26. The van der Waals surface area contributed by atoms with Crippen molar-refractivity contribution in [2.75, 3.05) is 24.9 Å². The van der Waals surface area contributed by atoms with Gasteiger partial charge in [0.25, 0.3) is 0 Å². The van der Waals surface area contributed by atoms with E-state index in [1.165, 1.54) is 6.26 Å². The van der Waals surface area contributed by atoms with Gasteiger partial charge in [-0.3, -0.25) is 9.89 Å².